The van der Waals surface area contributed by atoms with E-state index in [4.69, 9.17) is 4.74 Å². The second-order valence-corrected chi connectivity index (χ2v) is 13.2. The molecule has 3 aromatic rings. The van der Waals surface area contributed by atoms with Crippen LogP contribution in [0.3, 0.4) is 0 Å². The van der Waals surface area contributed by atoms with Gasteiger partial charge in [-0.1, -0.05) is 89.9 Å². The highest BCUT2D eigenvalue weighted by Gasteiger charge is 2.37. The molecule has 3 rings (SSSR count). The number of allylic oxidation sites excluding steroid dienone is 1. The summed E-state index contributed by atoms with van der Waals surface area (Å²) in [6.45, 7) is 20.4. The standard InChI is InChI=1S/C22H32F3N3O2.C19H22O.CH4/c1-6-8-12-30-19-11-10-18(20(28-19)22(23,24)25)21(26-14-29)27-17(9-7-2)13-16(5)15(3)4;1-12-6-7-18(10-13(12)2)19-14(3)8-17(9-15(19)4)11-16(5)20;/h10-11,13-15,17H,6-9,12H2,1-5H3,(H,26,27,29);6-10H,11H2,1-5H3;1H4/b16-13-;;. The number of amidine groups is 1. The Morgan fingerprint density at radius 1 is 0.941 bits per heavy atom. The van der Waals surface area contributed by atoms with Gasteiger partial charge in [0.05, 0.1) is 12.6 Å². The lowest BCUT2D eigenvalue weighted by Gasteiger charge is -2.17. The number of carbonyl (C=O) groups excluding carboxylic acids is 2. The Morgan fingerprint density at radius 3 is 2.10 bits per heavy atom. The van der Waals surface area contributed by atoms with Gasteiger partial charge in [0, 0.05) is 18.1 Å². The third-order valence-corrected chi connectivity index (χ3v) is 8.42. The first-order chi connectivity index (χ1) is 23.5. The van der Waals surface area contributed by atoms with E-state index < -0.39 is 11.9 Å². The highest BCUT2D eigenvalue weighted by molar-refractivity contribution is 6.05. The quantitative estimate of drug-likeness (QED) is 0.0594. The number of amides is 1. The normalized spacial score (nSPS) is 12.4. The SMILES string of the molecule is C.CC(=O)Cc1cc(C)c(-c2ccc(C)c(C)c2)c(C)c1.CCCCOc1ccc(C(=NC(/C=C(/C)C(C)C)CCC)NC=O)c(C(F)(F)F)n1. The van der Waals surface area contributed by atoms with Crippen molar-refractivity contribution in [1.82, 2.24) is 10.3 Å². The Kier molecular flexibility index (Phi) is 18.6. The van der Waals surface area contributed by atoms with E-state index in [9.17, 15) is 22.8 Å². The number of aromatic nitrogens is 1. The summed E-state index contributed by atoms with van der Waals surface area (Å²) >= 11 is 0. The molecule has 1 heterocycles. The maximum atomic E-state index is 13.7. The zero-order chi connectivity index (χ0) is 37.6. The summed E-state index contributed by atoms with van der Waals surface area (Å²) in [6.07, 6.45) is 1.05. The van der Waals surface area contributed by atoms with Crippen molar-refractivity contribution >= 4 is 18.0 Å². The first-order valence-electron chi connectivity index (χ1n) is 17.4. The Bertz CT molecular complexity index is 1640. The first kappa shape index (κ1) is 44.8. The van der Waals surface area contributed by atoms with E-state index in [-0.39, 0.29) is 49.1 Å². The zero-order valence-corrected chi connectivity index (χ0v) is 31.3. The van der Waals surface area contributed by atoms with Gasteiger partial charge in [0.15, 0.2) is 5.69 Å². The van der Waals surface area contributed by atoms with Crippen LogP contribution in [0, 0.1) is 33.6 Å². The Hall–Kier alpha value is -4.27. The third-order valence-electron chi connectivity index (χ3n) is 8.42. The average Bonchev–Trinajstić information content (AvgIpc) is 3.02. The number of ketones is 1. The molecule has 0 aliphatic heterocycles. The minimum absolute atomic E-state index is 0. The van der Waals surface area contributed by atoms with E-state index in [2.05, 4.69) is 73.3 Å². The third kappa shape index (κ3) is 14.1. The number of aliphatic imine (C=N–C) groups is 1. The smallest absolute Gasteiger partial charge is 0.434 e. The van der Waals surface area contributed by atoms with Gasteiger partial charge in [-0.2, -0.15) is 13.2 Å². The van der Waals surface area contributed by atoms with Crippen LogP contribution in [0.2, 0.25) is 0 Å². The molecule has 1 atom stereocenters. The molecular weight excluding hydrogens is 651 g/mol. The van der Waals surface area contributed by atoms with Crippen molar-refractivity contribution in [2.75, 3.05) is 6.61 Å². The topological polar surface area (TPSA) is 80.6 Å². The van der Waals surface area contributed by atoms with Crippen LogP contribution in [-0.2, 0) is 22.2 Å². The van der Waals surface area contributed by atoms with E-state index in [0.29, 0.717) is 25.7 Å². The minimum Gasteiger partial charge on any atom is -0.478 e. The molecule has 0 bridgehead atoms. The number of alkyl halides is 3. The van der Waals surface area contributed by atoms with Crippen molar-refractivity contribution < 1.29 is 27.5 Å². The lowest BCUT2D eigenvalue weighted by atomic mass is 9.91. The maximum absolute atomic E-state index is 13.7. The molecule has 0 spiro atoms. The summed E-state index contributed by atoms with van der Waals surface area (Å²) < 4.78 is 46.5. The van der Waals surface area contributed by atoms with Crippen LogP contribution in [0.15, 0.2) is 59.1 Å². The number of halogens is 3. The van der Waals surface area contributed by atoms with Gasteiger partial charge in [-0.05, 0) is 105 Å². The molecule has 0 aliphatic carbocycles. The molecule has 6 nitrogen and oxygen atoms in total. The summed E-state index contributed by atoms with van der Waals surface area (Å²) in [5.41, 5.74) is 8.44. The number of rotatable bonds is 14. The van der Waals surface area contributed by atoms with Gasteiger partial charge in [0.1, 0.15) is 11.6 Å². The predicted octanol–water partition coefficient (Wildman–Crippen LogP) is 10.9. The predicted molar refractivity (Wildman–Crippen MR) is 205 cm³/mol. The molecule has 1 aromatic heterocycles. The van der Waals surface area contributed by atoms with Gasteiger partial charge in [-0.15, -0.1) is 0 Å². The van der Waals surface area contributed by atoms with Gasteiger partial charge in [0.2, 0.25) is 12.3 Å². The van der Waals surface area contributed by atoms with Crippen molar-refractivity contribution in [3.05, 3.63) is 93.2 Å². The van der Waals surface area contributed by atoms with Gasteiger partial charge < -0.3 is 10.1 Å². The summed E-state index contributed by atoms with van der Waals surface area (Å²) in [5, 5.41) is 2.33. The minimum atomic E-state index is -4.73. The molecule has 280 valence electrons. The maximum Gasteiger partial charge on any atom is 0.434 e. The molecule has 2 aromatic carbocycles. The van der Waals surface area contributed by atoms with Crippen molar-refractivity contribution in [2.24, 2.45) is 10.9 Å². The largest absolute Gasteiger partial charge is 0.478 e. The monoisotopic (exact) mass is 709 g/mol. The van der Waals surface area contributed by atoms with Crippen molar-refractivity contribution in [3.63, 3.8) is 0 Å². The van der Waals surface area contributed by atoms with Gasteiger partial charge in [-0.25, -0.2) is 4.98 Å². The van der Waals surface area contributed by atoms with E-state index in [0.717, 1.165) is 24.0 Å². The van der Waals surface area contributed by atoms with E-state index in [1.54, 1.807) is 6.92 Å². The van der Waals surface area contributed by atoms with Crippen LogP contribution in [0.25, 0.3) is 11.1 Å². The number of pyridine rings is 1. The number of hydrogen-bond donors (Lipinski definition) is 1. The summed E-state index contributed by atoms with van der Waals surface area (Å²) in [4.78, 5) is 30.5. The molecule has 0 radical (unpaired) electrons. The fourth-order valence-corrected chi connectivity index (χ4v) is 5.43. The van der Waals surface area contributed by atoms with Gasteiger partial charge in [-0.3, -0.25) is 14.6 Å². The van der Waals surface area contributed by atoms with Gasteiger partial charge >= 0.3 is 6.18 Å². The average molecular weight is 710 g/mol. The number of Topliss-reactive ketones (excluding diaryl/α,β-unsaturated/α-hetero) is 1. The summed E-state index contributed by atoms with van der Waals surface area (Å²) in [7, 11) is 0. The van der Waals surface area contributed by atoms with E-state index in [1.807, 2.05) is 40.7 Å². The molecule has 0 saturated heterocycles. The van der Waals surface area contributed by atoms with Crippen LogP contribution in [0.1, 0.15) is 114 Å². The molecule has 1 N–H and O–H groups in total. The highest BCUT2D eigenvalue weighted by Crippen LogP contribution is 2.33. The van der Waals surface area contributed by atoms with Crippen molar-refractivity contribution in [3.8, 4) is 17.0 Å². The summed E-state index contributed by atoms with van der Waals surface area (Å²) in [5.74, 6) is 0.235. The number of ether oxygens (including phenoxy) is 1. The molecule has 9 heteroatoms. The number of aryl methyl sites for hydroxylation is 4. The Morgan fingerprint density at radius 2 is 1.59 bits per heavy atom. The fourth-order valence-electron chi connectivity index (χ4n) is 5.43. The lowest BCUT2D eigenvalue weighted by molar-refractivity contribution is -0.141. The van der Waals surface area contributed by atoms with E-state index in [1.165, 1.54) is 45.5 Å². The van der Waals surface area contributed by atoms with Crippen LogP contribution in [0.4, 0.5) is 13.2 Å². The molecular formula is C42H58F3N3O3. The second kappa shape index (κ2) is 21.2. The lowest BCUT2D eigenvalue weighted by Crippen LogP contribution is -2.28. The van der Waals surface area contributed by atoms with Crippen molar-refractivity contribution in [1.29, 1.82) is 0 Å². The van der Waals surface area contributed by atoms with Crippen LogP contribution in [0.5, 0.6) is 5.88 Å². The van der Waals surface area contributed by atoms with Crippen LogP contribution >= 0.6 is 0 Å². The number of hydrogen-bond acceptors (Lipinski definition) is 5. The van der Waals surface area contributed by atoms with Crippen molar-refractivity contribution in [2.45, 2.75) is 121 Å². The fraction of sp³-hybridized carbons (Fsp3) is 0.476. The van der Waals surface area contributed by atoms with Crippen LogP contribution in [-0.4, -0.2) is 35.7 Å². The number of carbonyl (C=O) groups is 2. The molecule has 1 unspecified atom stereocenters. The summed E-state index contributed by atoms with van der Waals surface area (Å²) in [6, 6.07) is 13.1. The Labute approximate surface area is 304 Å². The Balaban J connectivity index is 0.000000537. The highest BCUT2D eigenvalue weighted by atomic mass is 19.4. The molecule has 0 aliphatic rings. The molecule has 0 fully saturated rings. The number of nitrogens with one attached hydrogen (secondary N) is 1. The zero-order valence-electron chi connectivity index (χ0n) is 31.3. The molecule has 1 amide bonds. The first-order valence-corrected chi connectivity index (χ1v) is 17.4. The van der Waals surface area contributed by atoms with Crippen LogP contribution < -0.4 is 10.1 Å². The molecule has 51 heavy (non-hydrogen) atoms. The number of benzene rings is 2. The molecule has 0 saturated carbocycles. The number of unbranched alkanes of at least 4 members (excludes halogenated alkanes) is 1. The second-order valence-electron chi connectivity index (χ2n) is 13.2. The van der Waals surface area contributed by atoms with E-state index >= 15 is 0 Å². The van der Waals surface area contributed by atoms with Gasteiger partial charge in [0.25, 0.3) is 0 Å². The number of nitrogens with zero attached hydrogens (tertiary/aromatic N) is 2.